The molecule has 0 aliphatic carbocycles. The van der Waals surface area contributed by atoms with Gasteiger partial charge in [-0.1, -0.05) is 41.4 Å². The van der Waals surface area contributed by atoms with E-state index in [0.29, 0.717) is 9.99 Å². The van der Waals surface area contributed by atoms with Crippen LogP contribution in [-0.4, -0.2) is 46.8 Å². The Morgan fingerprint density at radius 1 is 0.706 bits per heavy atom. The van der Waals surface area contributed by atoms with E-state index in [1.54, 1.807) is 24.3 Å². The number of fused-ring (bicyclic) bond motifs is 1. The minimum absolute atomic E-state index is 0.0430. The fourth-order valence-corrected chi connectivity index (χ4v) is 5.75. The average Bonchev–Trinajstić information content (AvgIpc) is 3.46. The summed E-state index contributed by atoms with van der Waals surface area (Å²) in [4.78, 5) is 63.9. The standard InChI is InChI=1S/C11H10INO6.C8H6INO.C6H3ClINO2.C6H4ClNO2/c1-18-10(14)9(11(15)19-2)7-4-3-6(12)5-8(7)13(16)17;9-6-2-1-5-3-8(11)10-7(5)4-6;7-5-2-1-4(8)3-6(5)9(10)11;7-5-3-1-2-4-6(5)8(9)10/h3-5,9H,1-2H3;1-2,4H,3H2,(H,10,11);1-3H;1-4H. The summed E-state index contributed by atoms with van der Waals surface area (Å²) in [5.74, 6) is -3.18. The van der Waals surface area contributed by atoms with Gasteiger partial charge < -0.3 is 14.8 Å². The Balaban J connectivity index is 0.000000245. The maximum absolute atomic E-state index is 11.6. The monoisotopic (exact) mass is 1080 g/mol. The zero-order valence-electron chi connectivity index (χ0n) is 26.0. The Hall–Kier alpha value is -3.74. The first kappa shape index (κ1) is 43.4. The SMILES string of the molecule is COC(=O)C(C(=O)OC)c1ccc(I)cc1[N+](=O)[O-].O=C1Cc2ccc(I)cc2N1.O=[N+]([O-])c1cc(I)ccc1Cl.O=[N+]([O-])c1ccccc1Cl. The van der Waals surface area contributed by atoms with Gasteiger partial charge in [0, 0.05) is 34.6 Å². The van der Waals surface area contributed by atoms with Crippen LogP contribution in [0, 0.1) is 41.1 Å². The highest BCUT2D eigenvalue weighted by Gasteiger charge is 2.36. The van der Waals surface area contributed by atoms with E-state index in [2.05, 4.69) is 37.4 Å². The molecule has 1 heterocycles. The van der Waals surface area contributed by atoms with Crippen LogP contribution < -0.4 is 5.32 Å². The van der Waals surface area contributed by atoms with Crippen molar-refractivity contribution in [3.8, 4) is 0 Å². The van der Waals surface area contributed by atoms with Crippen LogP contribution in [0.15, 0.2) is 78.9 Å². The number of anilines is 1. The molecule has 0 spiro atoms. The van der Waals surface area contributed by atoms with Gasteiger partial charge in [-0.2, -0.15) is 0 Å². The van der Waals surface area contributed by atoms with E-state index in [1.165, 1.54) is 36.4 Å². The number of benzene rings is 4. The molecule has 1 aliphatic rings. The van der Waals surface area contributed by atoms with Crippen LogP contribution in [0.25, 0.3) is 0 Å². The normalized spacial score (nSPS) is 10.8. The lowest BCUT2D eigenvalue weighted by atomic mass is 9.97. The van der Waals surface area contributed by atoms with Gasteiger partial charge in [0.25, 0.3) is 17.1 Å². The summed E-state index contributed by atoms with van der Waals surface area (Å²) < 4.78 is 11.6. The number of nitro groups is 3. The van der Waals surface area contributed by atoms with E-state index in [0.717, 1.165) is 32.6 Å². The van der Waals surface area contributed by atoms with Gasteiger partial charge in [0.2, 0.25) is 5.91 Å². The number of halogens is 5. The fraction of sp³-hybridized carbons (Fsp3) is 0.129. The molecule has 51 heavy (non-hydrogen) atoms. The number of ether oxygens (including phenoxy) is 2. The molecule has 5 rings (SSSR count). The molecule has 15 nitrogen and oxygen atoms in total. The van der Waals surface area contributed by atoms with Gasteiger partial charge in [0.1, 0.15) is 10.0 Å². The molecule has 1 N–H and O–H groups in total. The predicted molar refractivity (Wildman–Crippen MR) is 213 cm³/mol. The zero-order chi connectivity index (χ0) is 38.4. The number of carbonyl (C=O) groups is 3. The molecule has 0 saturated carbocycles. The predicted octanol–water partition coefficient (Wildman–Crippen LogP) is 8.52. The molecule has 0 saturated heterocycles. The number of para-hydroxylation sites is 1. The topological polar surface area (TPSA) is 211 Å². The number of carbonyl (C=O) groups excluding carboxylic acids is 3. The number of hydrogen-bond acceptors (Lipinski definition) is 11. The highest BCUT2D eigenvalue weighted by molar-refractivity contribution is 14.1. The first-order valence-corrected chi connectivity index (χ1v) is 17.7. The molecule has 0 unspecified atom stereocenters. The molecular formula is C31H23Cl2I3N4O11. The number of esters is 2. The molecule has 4 aromatic carbocycles. The summed E-state index contributed by atoms with van der Waals surface area (Å²) in [6, 6.07) is 20.9. The maximum atomic E-state index is 11.6. The smallest absolute Gasteiger partial charge is 0.324 e. The lowest BCUT2D eigenvalue weighted by molar-refractivity contribution is -0.385. The summed E-state index contributed by atoms with van der Waals surface area (Å²) in [6.45, 7) is 0. The van der Waals surface area contributed by atoms with Gasteiger partial charge in [-0.3, -0.25) is 44.7 Å². The van der Waals surface area contributed by atoms with E-state index in [1.807, 2.05) is 63.4 Å². The van der Waals surface area contributed by atoms with Crippen LogP contribution in [-0.2, 0) is 30.3 Å². The van der Waals surface area contributed by atoms with Crippen LogP contribution in [0.2, 0.25) is 10.0 Å². The second-order valence-electron chi connectivity index (χ2n) is 9.53. The molecule has 20 heteroatoms. The zero-order valence-corrected chi connectivity index (χ0v) is 34.0. The van der Waals surface area contributed by atoms with Crippen LogP contribution >= 0.6 is 91.0 Å². The number of nitro benzene ring substituents is 3. The number of hydrogen-bond donors (Lipinski definition) is 1. The van der Waals surface area contributed by atoms with Crippen molar-refractivity contribution in [3.05, 3.63) is 141 Å². The second kappa shape index (κ2) is 20.9. The van der Waals surface area contributed by atoms with Crippen molar-refractivity contribution in [2.45, 2.75) is 12.3 Å². The summed E-state index contributed by atoms with van der Waals surface area (Å²) >= 11 is 17.1. The molecule has 0 fully saturated rings. The van der Waals surface area contributed by atoms with Gasteiger partial charge in [-0.25, -0.2) is 0 Å². The quantitative estimate of drug-likeness (QED) is 0.0636. The minimum Gasteiger partial charge on any atom is -0.468 e. The molecule has 0 aromatic heterocycles. The third-order valence-electron chi connectivity index (χ3n) is 6.22. The largest absolute Gasteiger partial charge is 0.468 e. The molecule has 0 atom stereocenters. The summed E-state index contributed by atoms with van der Waals surface area (Å²) in [5.41, 5.74) is 1.61. The Kier molecular flexibility index (Phi) is 17.8. The van der Waals surface area contributed by atoms with Gasteiger partial charge >= 0.3 is 11.9 Å². The number of nitrogens with one attached hydrogen (secondary N) is 1. The van der Waals surface area contributed by atoms with Crippen LogP contribution in [0.5, 0.6) is 0 Å². The maximum Gasteiger partial charge on any atom is 0.324 e. The number of methoxy groups -OCH3 is 2. The van der Waals surface area contributed by atoms with Crippen molar-refractivity contribution >= 4 is 132 Å². The van der Waals surface area contributed by atoms with Crippen molar-refractivity contribution in [3.63, 3.8) is 0 Å². The number of amides is 1. The van der Waals surface area contributed by atoms with E-state index in [4.69, 9.17) is 23.2 Å². The Morgan fingerprint density at radius 3 is 1.67 bits per heavy atom. The van der Waals surface area contributed by atoms with Crippen LogP contribution in [0.1, 0.15) is 17.0 Å². The summed E-state index contributed by atoms with van der Waals surface area (Å²) in [7, 11) is 2.19. The lowest BCUT2D eigenvalue weighted by Crippen LogP contribution is -2.25. The van der Waals surface area contributed by atoms with Crippen LogP contribution in [0.4, 0.5) is 22.7 Å². The summed E-state index contributed by atoms with van der Waals surface area (Å²) in [6.07, 6.45) is 0.534. The van der Waals surface area contributed by atoms with Gasteiger partial charge in [0.05, 0.1) is 41.0 Å². The van der Waals surface area contributed by atoms with Crippen molar-refractivity contribution in [1.29, 1.82) is 0 Å². The Bertz CT molecular complexity index is 1950. The molecule has 1 amide bonds. The van der Waals surface area contributed by atoms with E-state index < -0.39 is 32.6 Å². The highest BCUT2D eigenvalue weighted by atomic mass is 127. The van der Waals surface area contributed by atoms with Crippen molar-refractivity contribution < 1.29 is 38.6 Å². The number of rotatable bonds is 6. The Labute approximate surface area is 340 Å². The molecular weight excluding hydrogens is 1060 g/mol. The lowest BCUT2D eigenvalue weighted by Gasteiger charge is -2.13. The molecule has 0 radical (unpaired) electrons. The molecule has 268 valence electrons. The van der Waals surface area contributed by atoms with E-state index in [-0.39, 0.29) is 38.6 Å². The van der Waals surface area contributed by atoms with Gasteiger partial charge in [0.15, 0.2) is 5.92 Å². The van der Waals surface area contributed by atoms with Crippen molar-refractivity contribution in [2.24, 2.45) is 0 Å². The highest BCUT2D eigenvalue weighted by Crippen LogP contribution is 2.30. The fourth-order valence-electron chi connectivity index (χ4n) is 3.92. The minimum atomic E-state index is -1.47. The summed E-state index contributed by atoms with van der Waals surface area (Å²) in [5, 5.41) is 34.6. The molecule has 0 bridgehead atoms. The van der Waals surface area contributed by atoms with Gasteiger partial charge in [-0.05, 0) is 116 Å². The second-order valence-corrected chi connectivity index (χ2v) is 14.1. The first-order chi connectivity index (χ1) is 24.0. The molecule has 4 aromatic rings. The van der Waals surface area contributed by atoms with Crippen molar-refractivity contribution in [2.75, 3.05) is 19.5 Å². The van der Waals surface area contributed by atoms with Crippen LogP contribution in [0.3, 0.4) is 0 Å². The van der Waals surface area contributed by atoms with E-state index in [9.17, 15) is 44.7 Å². The third kappa shape index (κ3) is 13.4. The number of nitrogens with zero attached hydrogens (tertiary/aromatic N) is 3. The first-order valence-electron chi connectivity index (χ1n) is 13.7. The van der Waals surface area contributed by atoms with Crippen molar-refractivity contribution in [1.82, 2.24) is 0 Å². The molecule has 1 aliphatic heterocycles. The van der Waals surface area contributed by atoms with E-state index >= 15 is 0 Å². The Morgan fingerprint density at radius 2 is 1.18 bits per heavy atom. The van der Waals surface area contributed by atoms with Gasteiger partial charge in [-0.15, -0.1) is 0 Å². The average molecular weight is 1080 g/mol. The third-order valence-corrected chi connectivity index (χ3v) is 8.88.